The van der Waals surface area contributed by atoms with Crippen molar-refractivity contribution in [1.29, 1.82) is 0 Å². The molecule has 4 nitrogen and oxygen atoms in total. The number of nitrogens with one attached hydrogen (secondary N) is 1. The molecule has 4 heteroatoms. The number of benzene rings is 1. The fourth-order valence-corrected chi connectivity index (χ4v) is 4.13. The number of fused-ring (bicyclic) bond motifs is 2. The quantitative estimate of drug-likeness (QED) is 0.820. The summed E-state index contributed by atoms with van der Waals surface area (Å²) in [5.41, 5.74) is 3.07. The lowest BCUT2D eigenvalue weighted by Crippen LogP contribution is -2.36. The van der Waals surface area contributed by atoms with Gasteiger partial charge in [0.25, 0.3) is 0 Å². The van der Waals surface area contributed by atoms with E-state index in [1.54, 1.807) is 0 Å². The first-order valence-corrected chi connectivity index (χ1v) is 8.39. The molecule has 2 aliphatic rings. The van der Waals surface area contributed by atoms with Crippen LogP contribution in [0.4, 0.5) is 5.69 Å². The number of hydrogen-bond acceptors (Lipinski definition) is 2. The molecule has 0 unspecified atom stereocenters. The van der Waals surface area contributed by atoms with Gasteiger partial charge < -0.3 is 10.4 Å². The number of rotatable bonds is 5. The van der Waals surface area contributed by atoms with E-state index in [0.29, 0.717) is 0 Å². The SMILES string of the molecule is CCc1cccc(CC)c1NC(=O)[C@@H]1[C@@H](C(=O)O)[C@H]2C=C[C@H]1C2. The molecule has 0 aromatic heterocycles. The average Bonchev–Trinajstić information content (AvgIpc) is 3.15. The van der Waals surface area contributed by atoms with Gasteiger partial charge in [-0.05, 0) is 42.2 Å². The van der Waals surface area contributed by atoms with Crippen LogP contribution >= 0.6 is 0 Å². The van der Waals surface area contributed by atoms with Crippen LogP contribution in [0, 0.1) is 23.7 Å². The van der Waals surface area contributed by atoms with Crippen LogP contribution in [0.25, 0.3) is 0 Å². The molecule has 0 radical (unpaired) electrons. The molecule has 1 aromatic rings. The summed E-state index contributed by atoms with van der Waals surface area (Å²) in [6.45, 7) is 4.12. The van der Waals surface area contributed by atoms with Crippen LogP contribution in [0.15, 0.2) is 30.4 Å². The number of carbonyl (C=O) groups is 2. The predicted octanol–water partition coefficient (Wildman–Crippen LogP) is 3.27. The van der Waals surface area contributed by atoms with Crippen molar-refractivity contribution in [3.05, 3.63) is 41.5 Å². The van der Waals surface area contributed by atoms with E-state index in [1.807, 2.05) is 30.4 Å². The number of aryl methyl sites for hydroxylation is 2. The highest BCUT2D eigenvalue weighted by atomic mass is 16.4. The Bertz CT molecular complexity index is 642. The number of anilines is 1. The smallest absolute Gasteiger partial charge is 0.307 e. The van der Waals surface area contributed by atoms with Gasteiger partial charge in [0.05, 0.1) is 11.8 Å². The maximum Gasteiger partial charge on any atom is 0.307 e. The third-order valence-corrected chi connectivity index (χ3v) is 5.29. The summed E-state index contributed by atoms with van der Waals surface area (Å²) in [6, 6.07) is 6.04. The molecule has 0 saturated heterocycles. The van der Waals surface area contributed by atoms with Crippen molar-refractivity contribution < 1.29 is 14.7 Å². The standard InChI is InChI=1S/C19H23NO3/c1-3-11-6-5-7-12(4-2)17(11)20-18(21)15-13-8-9-14(10-13)16(15)19(22)23/h5-9,13-16H,3-4,10H2,1-2H3,(H,20,21)(H,22,23)/t13-,14-,15-,16-/m0/s1. The molecule has 0 spiro atoms. The van der Waals surface area contributed by atoms with Crippen LogP contribution in [0.3, 0.4) is 0 Å². The van der Waals surface area contributed by atoms with E-state index in [9.17, 15) is 14.7 Å². The summed E-state index contributed by atoms with van der Waals surface area (Å²) in [4.78, 5) is 24.4. The van der Waals surface area contributed by atoms with Gasteiger partial charge in [-0.3, -0.25) is 9.59 Å². The van der Waals surface area contributed by atoms with Gasteiger partial charge in [0.2, 0.25) is 5.91 Å². The van der Waals surface area contributed by atoms with Gasteiger partial charge in [0, 0.05) is 5.69 Å². The molecule has 122 valence electrons. The number of carboxylic acids is 1. The summed E-state index contributed by atoms with van der Waals surface area (Å²) >= 11 is 0. The maximum atomic E-state index is 12.8. The number of aliphatic carboxylic acids is 1. The normalized spacial score (nSPS) is 28.1. The van der Waals surface area contributed by atoms with E-state index in [2.05, 4.69) is 19.2 Å². The second-order valence-corrected chi connectivity index (χ2v) is 6.49. The van der Waals surface area contributed by atoms with Crippen molar-refractivity contribution in [2.24, 2.45) is 23.7 Å². The fraction of sp³-hybridized carbons (Fsp3) is 0.474. The zero-order chi connectivity index (χ0) is 16.6. The minimum absolute atomic E-state index is 0.000291. The highest BCUT2D eigenvalue weighted by molar-refractivity contribution is 5.97. The fourth-order valence-electron chi connectivity index (χ4n) is 4.13. The summed E-state index contributed by atoms with van der Waals surface area (Å²) in [5.74, 6) is -2.01. The van der Waals surface area contributed by atoms with E-state index in [1.165, 1.54) is 0 Å². The Morgan fingerprint density at radius 2 is 1.65 bits per heavy atom. The molecule has 1 amide bonds. The Morgan fingerprint density at radius 1 is 1.09 bits per heavy atom. The number of carbonyl (C=O) groups excluding carboxylic acids is 1. The van der Waals surface area contributed by atoms with Crippen LogP contribution in [-0.2, 0) is 22.4 Å². The lowest BCUT2D eigenvalue weighted by Gasteiger charge is -2.25. The number of allylic oxidation sites excluding steroid dienone is 2. The van der Waals surface area contributed by atoms with Crippen LogP contribution in [0.2, 0.25) is 0 Å². The van der Waals surface area contributed by atoms with Crippen molar-refractivity contribution in [3.63, 3.8) is 0 Å². The number of para-hydroxylation sites is 1. The summed E-state index contributed by atoms with van der Waals surface area (Å²) in [6.07, 6.45) is 6.43. The molecule has 1 saturated carbocycles. The first-order chi connectivity index (χ1) is 11.1. The monoisotopic (exact) mass is 313 g/mol. The number of carboxylic acid groups (broad SMARTS) is 1. The molecular weight excluding hydrogens is 290 g/mol. The average molecular weight is 313 g/mol. The van der Waals surface area contributed by atoms with Crippen LogP contribution in [0.5, 0.6) is 0 Å². The summed E-state index contributed by atoms with van der Waals surface area (Å²) in [7, 11) is 0. The topological polar surface area (TPSA) is 66.4 Å². The Balaban J connectivity index is 1.88. The van der Waals surface area contributed by atoms with Gasteiger partial charge in [-0.25, -0.2) is 0 Å². The molecular formula is C19H23NO3. The second-order valence-electron chi connectivity index (χ2n) is 6.49. The van der Waals surface area contributed by atoms with Gasteiger partial charge in [0.1, 0.15) is 0 Å². The Morgan fingerprint density at radius 3 is 2.17 bits per heavy atom. The molecule has 0 aliphatic heterocycles. The molecule has 1 aromatic carbocycles. The molecule has 2 N–H and O–H groups in total. The molecule has 0 heterocycles. The molecule has 3 rings (SSSR count). The number of amides is 1. The van der Waals surface area contributed by atoms with E-state index in [-0.39, 0.29) is 17.7 Å². The van der Waals surface area contributed by atoms with Crippen molar-refractivity contribution >= 4 is 17.6 Å². The molecule has 1 fully saturated rings. The Hall–Kier alpha value is -2.10. The zero-order valence-corrected chi connectivity index (χ0v) is 13.6. The van der Waals surface area contributed by atoms with Crippen molar-refractivity contribution in [1.82, 2.24) is 0 Å². The molecule has 23 heavy (non-hydrogen) atoms. The lowest BCUT2D eigenvalue weighted by molar-refractivity contribution is -0.146. The van der Waals surface area contributed by atoms with Gasteiger partial charge in [0.15, 0.2) is 0 Å². The summed E-state index contributed by atoms with van der Waals surface area (Å²) < 4.78 is 0. The maximum absolute atomic E-state index is 12.8. The zero-order valence-electron chi connectivity index (χ0n) is 13.6. The minimum atomic E-state index is -0.860. The van der Waals surface area contributed by atoms with E-state index < -0.39 is 17.8 Å². The highest BCUT2D eigenvalue weighted by Gasteiger charge is 2.51. The van der Waals surface area contributed by atoms with Crippen molar-refractivity contribution in [3.8, 4) is 0 Å². The minimum Gasteiger partial charge on any atom is -0.481 e. The Kier molecular flexibility index (Phi) is 4.24. The molecule has 4 atom stereocenters. The molecule has 2 aliphatic carbocycles. The highest BCUT2D eigenvalue weighted by Crippen LogP contribution is 2.48. The number of hydrogen-bond donors (Lipinski definition) is 2. The van der Waals surface area contributed by atoms with Crippen LogP contribution < -0.4 is 5.32 Å². The van der Waals surface area contributed by atoms with Gasteiger partial charge in [-0.2, -0.15) is 0 Å². The van der Waals surface area contributed by atoms with Crippen LogP contribution in [0.1, 0.15) is 31.4 Å². The third-order valence-electron chi connectivity index (χ3n) is 5.29. The summed E-state index contributed by atoms with van der Waals surface area (Å²) in [5, 5.41) is 12.6. The van der Waals surface area contributed by atoms with E-state index in [0.717, 1.165) is 36.1 Å². The van der Waals surface area contributed by atoms with Gasteiger partial charge in [-0.1, -0.05) is 44.2 Å². The first kappa shape index (κ1) is 15.8. The van der Waals surface area contributed by atoms with Crippen molar-refractivity contribution in [2.75, 3.05) is 5.32 Å². The first-order valence-electron chi connectivity index (χ1n) is 8.39. The lowest BCUT2D eigenvalue weighted by atomic mass is 9.82. The van der Waals surface area contributed by atoms with Gasteiger partial charge in [-0.15, -0.1) is 0 Å². The van der Waals surface area contributed by atoms with E-state index in [4.69, 9.17) is 0 Å². The second kappa shape index (κ2) is 6.19. The van der Waals surface area contributed by atoms with E-state index >= 15 is 0 Å². The van der Waals surface area contributed by atoms with Gasteiger partial charge >= 0.3 is 5.97 Å². The Labute approximate surface area is 136 Å². The van der Waals surface area contributed by atoms with Crippen molar-refractivity contribution in [2.45, 2.75) is 33.1 Å². The third kappa shape index (κ3) is 2.67. The predicted molar refractivity (Wildman–Crippen MR) is 89.2 cm³/mol. The van der Waals surface area contributed by atoms with Crippen LogP contribution in [-0.4, -0.2) is 17.0 Å². The largest absolute Gasteiger partial charge is 0.481 e. The molecule has 2 bridgehead atoms.